The Balaban J connectivity index is 1.44. The van der Waals surface area contributed by atoms with Crippen LogP contribution in [0.15, 0.2) is 60.7 Å². The monoisotopic (exact) mass is 361 g/mol. The Bertz CT molecular complexity index is 919. The number of benzene rings is 2. The standard InChI is InChI=1S/C21H19N3O3/c25-19-14-24(21(27)22-19)18-8-6-17(7-9-18)20(26)23-12-10-16(11-13-23)15-4-2-1-3-5-15/h1-10H,11-14H2,(H,22,25,27). The third-order valence-corrected chi connectivity index (χ3v) is 4.86. The maximum Gasteiger partial charge on any atom is 0.329 e. The highest BCUT2D eigenvalue weighted by atomic mass is 16.2. The number of carbonyl (C=O) groups is 3. The van der Waals surface area contributed by atoms with E-state index in [0.717, 1.165) is 6.42 Å². The molecule has 2 aliphatic heterocycles. The van der Waals surface area contributed by atoms with Crippen LogP contribution >= 0.6 is 0 Å². The van der Waals surface area contributed by atoms with Gasteiger partial charge in [0.15, 0.2) is 0 Å². The van der Waals surface area contributed by atoms with Gasteiger partial charge in [-0.2, -0.15) is 0 Å². The van der Waals surface area contributed by atoms with E-state index in [2.05, 4.69) is 23.5 Å². The van der Waals surface area contributed by atoms with Crippen LogP contribution in [0.2, 0.25) is 0 Å². The highest BCUT2D eigenvalue weighted by molar-refractivity contribution is 6.12. The fourth-order valence-corrected chi connectivity index (χ4v) is 3.38. The molecule has 4 amide bonds. The van der Waals surface area contributed by atoms with Gasteiger partial charge in [0.25, 0.3) is 5.91 Å². The van der Waals surface area contributed by atoms with Gasteiger partial charge in [0.2, 0.25) is 5.91 Å². The van der Waals surface area contributed by atoms with E-state index in [1.165, 1.54) is 16.0 Å². The highest BCUT2D eigenvalue weighted by Crippen LogP contribution is 2.24. The van der Waals surface area contributed by atoms with E-state index in [9.17, 15) is 14.4 Å². The zero-order valence-corrected chi connectivity index (χ0v) is 14.7. The second-order valence-corrected chi connectivity index (χ2v) is 6.58. The summed E-state index contributed by atoms with van der Waals surface area (Å²) in [5, 5.41) is 2.24. The molecule has 0 atom stereocenters. The van der Waals surface area contributed by atoms with Crippen LogP contribution in [0.1, 0.15) is 22.3 Å². The summed E-state index contributed by atoms with van der Waals surface area (Å²) < 4.78 is 0. The Kier molecular flexibility index (Phi) is 4.46. The predicted octanol–water partition coefficient (Wildman–Crippen LogP) is 2.67. The molecular weight excluding hydrogens is 342 g/mol. The van der Waals surface area contributed by atoms with E-state index in [1.54, 1.807) is 24.3 Å². The zero-order chi connectivity index (χ0) is 18.8. The molecule has 27 heavy (non-hydrogen) atoms. The van der Waals surface area contributed by atoms with E-state index in [4.69, 9.17) is 0 Å². The van der Waals surface area contributed by atoms with Crippen LogP contribution in [0, 0.1) is 0 Å². The average molecular weight is 361 g/mol. The van der Waals surface area contributed by atoms with Crippen molar-refractivity contribution in [3.8, 4) is 0 Å². The molecule has 136 valence electrons. The number of hydrogen-bond donors (Lipinski definition) is 1. The Morgan fingerprint density at radius 3 is 2.30 bits per heavy atom. The van der Waals surface area contributed by atoms with E-state index >= 15 is 0 Å². The topological polar surface area (TPSA) is 69.7 Å². The van der Waals surface area contributed by atoms with Crippen molar-refractivity contribution in [2.24, 2.45) is 0 Å². The van der Waals surface area contributed by atoms with E-state index < -0.39 is 6.03 Å². The summed E-state index contributed by atoms with van der Waals surface area (Å²) in [6.45, 7) is 1.25. The first-order chi connectivity index (χ1) is 13.1. The smallest absolute Gasteiger partial charge is 0.329 e. The largest absolute Gasteiger partial charge is 0.335 e. The normalized spacial score (nSPS) is 17.0. The average Bonchev–Trinajstić information content (AvgIpc) is 3.06. The minimum atomic E-state index is -0.436. The van der Waals surface area contributed by atoms with Crippen molar-refractivity contribution in [2.75, 3.05) is 24.5 Å². The van der Waals surface area contributed by atoms with Gasteiger partial charge in [0, 0.05) is 24.3 Å². The summed E-state index contributed by atoms with van der Waals surface area (Å²) in [4.78, 5) is 38.9. The zero-order valence-electron chi connectivity index (χ0n) is 14.7. The summed E-state index contributed by atoms with van der Waals surface area (Å²) in [7, 11) is 0. The molecule has 1 saturated heterocycles. The Hall–Kier alpha value is -3.41. The lowest BCUT2D eigenvalue weighted by atomic mass is 9.99. The summed E-state index contributed by atoms with van der Waals surface area (Å²) in [6.07, 6.45) is 2.93. The van der Waals surface area contributed by atoms with Gasteiger partial charge in [-0.1, -0.05) is 36.4 Å². The van der Waals surface area contributed by atoms with Gasteiger partial charge >= 0.3 is 6.03 Å². The maximum atomic E-state index is 12.7. The van der Waals surface area contributed by atoms with Gasteiger partial charge in [-0.25, -0.2) is 4.79 Å². The van der Waals surface area contributed by atoms with Crippen LogP contribution in [-0.2, 0) is 4.79 Å². The molecule has 1 fully saturated rings. The molecule has 4 rings (SSSR count). The number of urea groups is 1. The van der Waals surface area contributed by atoms with Crippen LogP contribution in [-0.4, -0.2) is 42.4 Å². The Labute approximate surface area is 157 Å². The molecule has 2 heterocycles. The quantitative estimate of drug-likeness (QED) is 0.855. The number of amides is 4. The van der Waals surface area contributed by atoms with Crippen molar-refractivity contribution in [1.82, 2.24) is 10.2 Å². The summed E-state index contributed by atoms with van der Waals surface area (Å²) in [5.74, 6) is -0.360. The molecule has 2 aromatic carbocycles. The second kappa shape index (κ2) is 7.07. The predicted molar refractivity (Wildman–Crippen MR) is 102 cm³/mol. The minimum Gasteiger partial charge on any atom is -0.335 e. The first kappa shape index (κ1) is 17.0. The van der Waals surface area contributed by atoms with E-state index in [1.807, 2.05) is 23.1 Å². The summed E-state index contributed by atoms with van der Waals surface area (Å²) in [6, 6.07) is 16.5. The van der Waals surface area contributed by atoms with E-state index in [-0.39, 0.29) is 18.4 Å². The van der Waals surface area contributed by atoms with Crippen LogP contribution in [0.5, 0.6) is 0 Å². The number of nitrogens with one attached hydrogen (secondary N) is 1. The van der Waals surface area contributed by atoms with Gasteiger partial charge < -0.3 is 4.90 Å². The van der Waals surface area contributed by atoms with Gasteiger partial charge in [0.05, 0.1) is 0 Å². The molecule has 0 saturated carbocycles. The summed E-state index contributed by atoms with van der Waals surface area (Å²) in [5.41, 5.74) is 3.63. The number of hydrogen-bond acceptors (Lipinski definition) is 3. The van der Waals surface area contributed by atoms with Crippen molar-refractivity contribution >= 4 is 29.1 Å². The third kappa shape index (κ3) is 3.46. The maximum absolute atomic E-state index is 12.7. The fraction of sp³-hybridized carbons (Fsp3) is 0.190. The number of rotatable bonds is 3. The number of imide groups is 1. The lowest BCUT2D eigenvalue weighted by Crippen LogP contribution is -2.34. The van der Waals surface area contributed by atoms with Gasteiger partial charge in [0.1, 0.15) is 6.54 Å². The fourth-order valence-electron chi connectivity index (χ4n) is 3.38. The van der Waals surface area contributed by atoms with Crippen LogP contribution in [0.25, 0.3) is 5.57 Å². The molecule has 0 aliphatic carbocycles. The van der Waals surface area contributed by atoms with Crippen molar-refractivity contribution in [2.45, 2.75) is 6.42 Å². The van der Waals surface area contributed by atoms with Crippen LogP contribution in [0.3, 0.4) is 0 Å². The molecule has 0 spiro atoms. The molecular formula is C21H19N3O3. The van der Waals surface area contributed by atoms with Gasteiger partial charge in [-0.15, -0.1) is 0 Å². The summed E-state index contributed by atoms with van der Waals surface area (Å²) >= 11 is 0. The van der Waals surface area contributed by atoms with Crippen LogP contribution < -0.4 is 10.2 Å². The number of anilines is 1. The Morgan fingerprint density at radius 1 is 0.963 bits per heavy atom. The molecule has 0 radical (unpaired) electrons. The Morgan fingerprint density at radius 2 is 1.70 bits per heavy atom. The van der Waals surface area contributed by atoms with Gasteiger partial charge in [-0.3, -0.25) is 19.8 Å². The lowest BCUT2D eigenvalue weighted by Gasteiger charge is -2.27. The van der Waals surface area contributed by atoms with Gasteiger partial charge in [-0.05, 0) is 41.8 Å². The van der Waals surface area contributed by atoms with Crippen molar-refractivity contribution in [1.29, 1.82) is 0 Å². The van der Waals surface area contributed by atoms with Crippen LogP contribution in [0.4, 0.5) is 10.5 Å². The molecule has 1 N–H and O–H groups in total. The highest BCUT2D eigenvalue weighted by Gasteiger charge is 2.28. The van der Waals surface area contributed by atoms with E-state index in [0.29, 0.717) is 24.3 Å². The van der Waals surface area contributed by atoms with Crippen molar-refractivity contribution in [3.63, 3.8) is 0 Å². The number of nitrogens with zero attached hydrogens (tertiary/aromatic N) is 2. The third-order valence-electron chi connectivity index (χ3n) is 4.86. The van der Waals surface area contributed by atoms with Crippen molar-refractivity contribution < 1.29 is 14.4 Å². The van der Waals surface area contributed by atoms with Crippen molar-refractivity contribution in [3.05, 3.63) is 71.8 Å². The molecule has 2 aromatic rings. The first-order valence-corrected chi connectivity index (χ1v) is 8.87. The minimum absolute atomic E-state index is 0.00527. The molecule has 2 aliphatic rings. The molecule has 0 bridgehead atoms. The molecule has 6 nitrogen and oxygen atoms in total. The molecule has 0 unspecified atom stereocenters. The second-order valence-electron chi connectivity index (χ2n) is 6.58. The molecule has 6 heteroatoms. The first-order valence-electron chi connectivity index (χ1n) is 8.87. The lowest BCUT2D eigenvalue weighted by molar-refractivity contribution is -0.117. The molecule has 0 aromatic heterocycles. The SMILES string of the molecule is O=C1CN(c2ccc(C(=O)N3CC=C(c4ccccc4)CC3)cc2)C(=O)N1. The number of carbonyl (C=O) groups excluding carboxylic acids is 3.